The number of amides is 1. The Balaban J connectivity index is 2.56. The smallest absolute Gasteiger partial charge is 0.225 e. The number of rotatable bonds is 5. The molecule has 6 heteroatoms. The molecule has 100 valence electrons. The van der Waals surface area contributed by atoms with E-state index in [0.29, 0.717) is 5.69 Å². The van der Waals surface area contributed by atoms with Gasteiger partial charge >= 0.3 is 0 Å². The highest BCUT2D eigenvalue weighted by molar-refractivity contribution is 7.89. The van der Waals surface area contributed by atoms with Crippen molar-refractivity contribution in [2.75, 3.05) is 25.2 Å². The van der Waals surface area contributed by atoms with E-state index < -0.39 is 10.0 Å². The van der Waals surface area contributed by atoms with Crippen molar-refractivity contribution in [2.45, 2.75) is 13.3 Å². The lowest BCUT2D eigenvalue weighted by atomic mass is 10.2. The van der Waals surface area contributed by atoms with Crippen LogP contribution in [0.3, 0.4) is 0 Å². The van der Waals surface area contributed by atoms with Crippen molar-refractivity contribution in [2.24, 2.45) is 0 Å². The van der Waals surface area contributed by atoms with Gasteiger partial charge in [0.2, 0.25) is 15.9 Å². The van der Waals surface area contributed by atoms with Gasteiger partial charge in [-0.05, 0) is 18.6 Å². The highest BCUT2D eigenvalue weighted by Crippen LogP contribution is 2.13. The quantitative estimate of drug-likeness (QED) is 0.874. The molecule has 18 heavy (non-hydrogen) atoms. The predicted molar refractivity (Wildman–Crippen MR) is 71.9 cm³/mol. The van der Waals surface area contributed by atoms with Crippen molar-refractivity contribution in [3.05, 3.63) is 29.8 Å². The van der Waals surface area contributed by atoms with Crippen molar-refractivity contribution in [1.82, 2.24) is 4.31 Å². The first-order chi connectivity index (χ1) is 8.33. The molecule has 0 aromatic heterocycles. The Morgan fingerprint density at radius 3 is 2.44 bits per heavy atom. The Labute approximate surface area is 108 Å². The monoisotopic (exact) mass is 270 g/mol. The summed E-state index contributed by atoms with van der Waals surface area (Å²) in [6.45, 7) is 1.88. The highest BCUT2D eigenvalue weighted by Gasteiger charge is 2.15. The Morgan fingerprint density at radius 1 is 1.28 bits per heavy atom. The van der Waals surface area contributed by atoms with Gasteiger partial charge < -0.3 is 5.32 Å². The third kappa shape index (κ3) is 4.12. The number of carbonyl (C=O) groups excluding carboxylic acids is 1. The Kier molecular flexibility index (Phi) is 4.86. The second-order valence-electron chi connectivity index (χ2n) is 4.21. The molecule has 0 fully saturated rings. The van der Waals surface area contributed by atoms with E-state index in [-0.39, 0.29) is 18.1 Å². The second kappa shape index (κ2) is 5.97. The molecule has 0 radical (unpaired) electrons. The molecular formula is C12H18N2O3S. The molecule has 1 rings (SSSR count). The van der Waals surface area contributed by atoms with Gasteiger partial charge in [0.1, 0.15) is 0 Å². The minimum Gasteiger partial charge on any atom is -0.326 e. The standard InChI is InChI=1S/C12H18N2O3S/c1-10-6-4-5-7-11(10)13-12(15)8-9-18(16,17)14(2)3/h4-7H,8-9H2,1-3H3,(H,13,15). The lowest BCUT2D eigenvalue weighted by molar-refractivity contribution is -0.115. The zero-order valence-corrected chi connectivity index (χ0v) is 11.6. The number of nitrogens with one attached hydrogen (secondary N) is 1. The summed E-state index contributed by atoms with van der Waals surface area (Å²) in [7, 11) is -0.417. The molecule has 5 nitrogen and oxygen atoms in total. The number of anilines is 1. The summed E-state index contributed by atoms with van der Waals surface area (Å²) in [5.74, 6) is -0.479. The first kappa shape index (κ1) is 14.7. The van der Waals surface area contributed by atoms with Crippen LogP contribution in [0.1, 0.15) is 12.0 Å². The van der Waals surface area contributed by atoms with Crippen molar-refractivity contribution in [3.63, 3.8) is 0 Å². The molecule has 0 atom stereocenters. The summed E-state index contributed by atoms with van der Waals surface area (Å²) in [4.78, 5) is 11.6. The van der Waals surface area contributed by atoms with E-state index in [4.69, 9.17) is 0 Å². The predicted octanol–water partition coefficient (Wildman–Crippen LogP) is 1.22. The molecule has 0 aliphatic carbocycles. The first-order valence-corrected chi connectivity index (χ1v) is 7.19. The number of nitrogens with zero attached hydrogens (tertiary/aromatic N) is 1. The second-order valence-corrected chi connectivity index (χ2v) is 6.51. The minimum atomic E-state index is -3.32. The highest BCUT2D eigenvalue weighted by atomic mass is 32.2. The van der Waals surface area contributed by atoms with Crippen LogP contribution in [0.15, 0.2) is 24.3 Å². The molecule has 0 saturated carbocycles. The third-order valence-corrected chi connectivity index (χ3v) is 4.40. The van der Waals surface area contributed by atoms with E-state index in [2.05, 4.69) is 5.32 Å². The van der Waals surface area contributed by atoms with Crippen LogP contribution in [0.5, 0.6) is 0 Å². The first-order valence-electron chi connectivity index (χ1n) is 5.58. The van der Waals surface area contributed by atoms with E-state index in [1.165, 1.54) is 14.1 Å². The zero-order valence-electron chi connectivity index (χ0n) is 10.8. The number of hydrogen-bond acceptors (Lipinski definition) is 3. The average molecular weight is 270 g/mol. The molecule has 0 heterocycles. The normalized spacial score (nSPS) is 11.6. The van der Waals surface area contributed by atoms with Gasteiger partial charge in [0, 0.05) is 26.2 Å². The van der Waals surface area contributed by atoms with Crippen molar-refractivity contribution in [3.8, 4) is 0 Å². The lowest BCUT2D eigenvalue weighted by Gasteiger charge is -2.11. The summed E-state index contributed by atoms with van der Waals surface area (Å²) in [5, 5.41) is 2.70. The fraction of sp³-hybridized carbons (Fsp3) is 0.417. The SMILES string of the molecule is Cc1ccccc1NC(=O)CCS(=O)(=O)N(C)C. The van der Waals surface area contributed by atoms with Gasteiger partial charge in [0.15, 0.2) is 0 Å². The van der Waals surface area contributed by atoms with Crippen molar-refractivity contribution >= 4 is 21.6 Å². The Morgan fingerprint density at radius 2 is 1.89 bits per heavy atom. The van der Waals surface area contributed by atoms with Crippen LogP contribution < -0.4 is 5.32 Å². The molecule has 1 aromatic rings. The van der Waals surface area contributed by atoms with Crippen molar-refractivity contribution < 1.29 is 13.2 Å². The number of benzene rings is 1. The summed E-state index contributed by atoms with van der Waals surface area (Å²) >= 11 is 0. The van der Waals surface area contributed by atoms with E-state index in [0.717, 1.165) is 9.87 Å². The maximum absolute atomic E-state index is 11.6. The number of sulfonamides is 1. The van der Waals surface area contributed by atoms with E-state index in [1.807, 2.05) is 25.1 Å². The molecule has 0 aliphatic heterocycles. The van der Waals surface area contributed by atoms with Gasteiger partial charge in [0.25, 0.3) is 0 Å². The van der Waals surface area contributed by atoms with Crippen LogP contribution in [0.4, 0.5) is 5.69 Å². The lowest BCUT2D eigenvalue weighted by Crippen LogP contribution is -2.27. The number of aryl methyl sites for hydroxylation is 1. The van der Waals surface area contributed by atoms with Crippen LogP contribution in [0.25, 0.3) is 0 Å². The molecule has 1 N–H and O–H groups in total. The molecule has 0 spiro atoms. The van der Waals surface area contributed by atoms with Gasteiger partial charge in [-0.1, -0.05) is 18.2 Å². The fourth-order valence-corrected chi connectivity index (χ4v) is 2.14. The molecular weight excluding hydrogens is 252 g/mol. The summed E-state index contributed by atoms with van der Waals surface area (Å²) in [6.07, 6.45) is -0.0468. The molecule has 0 bridgehead atoms. The molecule has 0 unspecified atom stereocenters. The minimum absolute atomic E-state index is 0.0468. The van der Waals surface area contributed by atoms with Crippen LogP contribution >= 0.6 is 0 Å². The molecule has 1 aromatic carbocycles. The van der Waals surface area contributed by atoms with Crippen molar-refractivity contribution in [1.29, 1.82) is 0 Å². The third-order valence-electron chi connectivity index (χ3n) is 2.56. The van der Waals surface area contributed by atoms with Crippen LogP contribution in [-0.2, 0) is 14.8 Å². The molecule has 0 saturated heterocycles. The number of hydrogen-bond donors (Lipinski definition) is 1. The number of para-hydroxylation sites is 1. The topological polar surface area (TPSA) is 66.5 Å². The Bertz CT molecular complexity index is 524. The number of carbonyl (C=O) groups is 1. The van der Waals surface area contributed by atoms with Crippen LogP contribution in [0.2, 0.25) is 0 Å². The largest absolute Gasteiger partial charge is 0.326 e. The maximum Gasteiger partial charge on any atom is 0.225 e. The van der Waals surface area contributed by atoms with Gasteiger partial charge in [-0.25, -0.2) is 12.7 Å². The summed E-state index contributed by atoms with van der Waals surface area (Å²) in [6, 6.07) is 7.36. The van der Waals surface area contributed by atoms with Crippen LogP contribution in [-0.4, -0.2) is 38.5 Å². The molecule has 1 amide bonds. The molecule has 0 aliphatic rings. The summed E-state index contributed by atoms with van der Waals surface area (Å²) < 4.78 is 24.1. The van der Waals surface area contributed by atoms with Gasteiger partial charge in [0.05, 0.1) is 5.75 Å². The zero-order chi connectivity index (χ0) is 13.8. The van der Waals surface area contributed by atoms with Crippen LogP contribution in [0, 0.1) is 6.92 Å². The fourth-order valence-electron chi connectivity index (χ4n) is 1.33. The summed E-state index contributed by atoms with van der Waals surface area (Å²) in [5.41, 5.74) is 1.66. The van der Waals surface area contributed by atoms with Gasteiger partial charge in [-0.2, -0.15) is 0 Å². The average Bonchev–Trinajstić information content (AvgIpc) is 2.29. The van der Waals surface area contributed by atoms with Gasteiger partial charge in [-0.3, -0.25) is 4.79 Å². The van der Waals surface area contributed by atoms with E-state index >= 15 is 0 Å². The van der Waals surface area contributed by atoms with E-state index in [9.17, 15) is 13.2 Å². The van der Waals surface area contributed by atoms with E-state index in [1.54, 1.807) is 6.07 Å². The van der Waals surface area contributed by atoms with Gasteiger partial charge in [-0.15, -0.1) is 0 Å². The Hall–Kier alpha value is -1.40. The maximum atomic E-state index is 11.6.